The molecule has 16 heavy (non-hydrogen) atoms. The van der Waals surface area contributed by atoms with Gasteiger partial charge in [0.15, 0.2) is 0 Å². The van der Waals surface area contributed by atoms with Crippen molar-refractivity contribution in [3.8, 4) is 0 Å². The number of thioether (sulfide) groups is 1. The fourth-order valence-corrected chi connectivity index (χ4v) is 2.70. The number of nitrogens with zero attached hydrogens (tertiary/aromatic N) is 1. The zero-order chi connectivity index (χ0) is 11.4. The third-order valence-corrected chi connectivity index (χ3v) is 3.98. The van der Waals surface area contributed by atoms with Crippen molar-refractivity contribution in [1.82, 2.24) is 4.90 Å². The van der Waals surface area contributed by atoms with E-state index in [1.807, 2.05) is 11.8 Å². The molecule has 1 aromatic rings. The molecule has 1 N–H and O–H groups in total. The predicted molar refractivity (Wildman–Crippen MR) is 72.4 cm³/mol. The first-order valence-electron chi connectivity index (χ1n) is 5.87. The Bertz CT molecular complexity index is 332. The largest absolute Gasteiger partial charge is 0.381 e. The Kier molecular flexibility index (Phi) is 4.13. The van der Waals surface area contributed by atoms with E-state index < -0.39 is 0 Å². The van der Waals surface area contributed by atoms with Gasteiger partial charge in [0.1, 0.15) is 0 Å². The predicted octanol–water partition coefficient (Wildman–Crippen LogP) is 2.91. The van der Waals surface area contributed by atoms with Gasteiger partial charge in [-0.1, -0.05) is 12.1 Å². The molecule has 0 radical (unpaired) electrons. The smallest absolute Gasteiger partial charge is 0.0480 e. The number of rotatable bonds is 3. The minimum absolute atomic E-state index is 0.643. The van der Waals surface area contributed by atoms with Crippen LogP contribution in [0, 0.1) is 0 Å². The molecule has 88 valence electrons. The zero-order valence-corrected chi connectivity index (χ0v) is 10.9. The van der Waals surface area contributed by atoms with Crippen LogP contribution < -0.4 is 5.32 Å². The summed E-state index contributed by atoms with van der Waals surface area (Å²) in [6.45, 7) is 2.41. The van der Waals surface area contributed by atoms with Crippen LogP contribution in [0.5, 0.6) is 0 Å². The molecule has 0 spiro atoms. The second-order valence-corrected chi connectivity index (χ2v) is 5.27. The normalized spacial score (nSPS) is 18.6. The number of para-hydroxylation sites is 1. The fourth-order valence-electron chi connectivity index (χ4n) is 2.14. The van der Waals surface area contributed by atoms with Gasteiger partial charge in [-0.25, -0.2) is 0 Å². The molecule has 0 aliphatic carbocycles. The minimum Gasteiger partial charge on any atom is -0.381 e. The molecule has 1 aliphatic heterocycles. The van der Waals surface area contributed by atoms with Gasteiger partial charge in [0.2, 0.25) is 0 Å². The number of hydrogen-bond donors (Lipinski definition) is 1. The van der Waals surface area contributed by atoms with Crippen molar-refractivity contribution in [3.05, 3.63) is 24.3 Å². The average Bonchev–Trinajstić information content (AvgIpc) is 2.33. The molecule has 2 nitrogen and oxygen atoms in total. The Labute approximate surface area is 102 Å². The number of likely N-dealkylation sites (tertiary alicyclic amines) is 1. The summed E-state index contributed by atoms with van der Waals surface area (Å²) in [6, 6.07) is 9.22. The number of anilines is 1. The van der Waals surface area contributed by atoms with E-state index in [-0.39, 0.29) is 0 Å². The summed E-state index contributed by atoms with van der Waals surface area (Å²) in [5.41, 5.74) is 1.30. The monoisotopic (exact) mass is 236 g/mol. The molecule has 0 amide bonds. The topological polar surface area (TPSA) is 15.3 Å². The van der Waals surface area contributed by atoms with E-state index in [9.17, 15) is 0 Å². The van der Waals surface area contributed by atoms with Crippen LogP contribution in [0.15, 0.2) is 29.2 Å². The standard InChI is InChI=1S/C13H20N2S/c1-15-9-7-11(8-10-15)14-12-5-3-4-6-13(12)16-2/h3-6,11,14H,7-10H2,1-2H3. The Morgan fingerprint density at radius 1 is 1.25 bits per heavy atom. The van der Waals surface area contributed by atoms with Crippen molar-refractivity contribution < 1.29 is 0 Å². The SMILES string of the molecule is CSc1ccccc1NC1CCN(C)CC1. The van der Waals surface area contributed by atoms with Crippen molar-refractivity contribution in [2.24, 2.45) is 0 Å². The fraction of sp³-hybridized carbons (Fsp3) is 0.538. The Hall–Kier alpha value is -0.670. The first-order chi connectivity index (χ1) is 7.79. The van der Waals surface area contributed by atoms with Crippen LogP contribution in [0.2, 0.25) is 0 Å². The van der Waals surface area contributed by atoms with Crippen LogP contribution in [-0.4, -0.2) is 37.3 Å². The Balaban J connectivity index is 1.98. The molecule has 0 bridgehead atoms. The van der Waals surface area contributed by atoms with Gasteiger partial charge >= 0.3 is 0 Å². The van der Waals surface area contributed by atoms with Gasteiger partial charge in [0.25, 0.3) is 0 Å². The molecule has 2 rings (SSSR count). The van der Waals surface area contributed by atoms with Crippen LogP contribution in [0.1, 0.15) is 12.8 Å². The van der Waals surface area contributed by atoms with E-state index in [0.717, 1.165) is 0 Å². The molecule has 1 fully saturated rings. The minimum atomic E-state index is 0.643. The average molecular weight is 236 g/mol. The summed E-state index contributed by atoms with van der Waals surface area (Å²) in [5.74, 6) is 0. The summed E-state index contributed by atoms with van der Waals surface area (Å²) in [4.78, 5) is 3.75. The highest BCUT2D eigenvalue weighted by molar-refractivity contribution is 7.98. The maximum absolute atomic E-state index is 3.67. The van der Waals surface area contributed by atoms with Crippen molar-refractivity contribution in [1.29, 1.82) is 0 Å². The van der Waals surface area contributed by atoms with Gasteiger partial charge in [-0.15, -0.1) is 11.8 Å². The summed E-state index contributed by atoms with van der Waals surface area (Å²) in [5, 5.41) is 3.67. The molecule has 0 aromatic heterocycles. The molecular weight excluding hydrogens is 216 g/mol. The Morgan fingerprint density at radius 3 is 2.62 bits per heavy atom. The van der Waals surface area contributed by atoms with Gasteiger partial charge in [0, 0.05) is 16.6 Å². The molecule has 0 unspecified atom stereocenters. The van der Waals surface area contributed by atoms with E-state index in [4.69, 9.17) is 0 Å². The second kappa shape index (κ2) is 5.60. The second-order valence-electron chi connectivity index (χ2n) is 4.42. The van der Waals surface area contributed by atoms with Crippen LogP contribution in [0.3, 0.4) is 0 Å². The summed E-state index contributed by atoms with van der Waals surface area (Å²) < 4.78 is 0. The lowest BCUT2D eigenvalue weighted by Crippen LogP contribution is -2.36. The van der Waals surface area contributed by atoms with Crippen LogP contribution in [0.25, 0.3) is 0 Å². The van der Waals surface area contributed by atoms with Gasteiger partial charge in [-0.3, -0.25) is 0 Å². The summed E-state index contributed by atoms with van der Waals surface area (Å²) in [6.07, 6.45) is 4.63. The number of nitrogens with one attached hydrogen (secondary N) is 1. The lowest BCUT2D eigenvalue weighted by Gasteiger charge is -2.30. The van der Waals surface area contributed by atoms with Crippen molar-refractivity contribution >= 4 is 17.4 Å². The van der Waals surface area contributed by atoms with E-state index in [2.05, 4.69) is 47.8 Å². The quantitative estimate of drug-likeness (QED) is 0.812. The Morgan fingerprint density at radius 2 is 1.94 bits per heavy atom. The molecule has 1 aromatic carbocycles. The van der Waals surface area contributed by atoms with Crippen molar-refractivity contribution in [2.45, 2.75) is 23.8 Å². The van der Waals surface area contributed by atoms with Crippen LogP contribution in [0.4, 0.5) is 5.69 Å². The van der Waals surface area contributed by atoms with Gasteiger partial charge in [-0.05, 0) is 51.4 Å². The summed E-state index contributed by atoms with van der Waals surface area (Å²) >= 11 is 1.81. The first kappa shape index (κ1) is 11.8. The number of piperidine rings is 1. The third kappa shape index (κ3) is 2.92. The van der Waals surface area contributed by atoms with Crippen molar-refractivity contribution in [3.63, 3.8) is 0 Å². The maximum atomic E-state index is 3.67. The highest BCUT2D eigenvalue weighted by atomic mass is 32.2. The van der Waals surface area contributed by atoms with E-state index >= 15 is 0 Å². The van der Waals surface area contributed by atoms with Gasteiger partial charge in [0.05, 0.1) is 0 Å². The van der Waals surface area contributed by atoms with Gasteiger partial charge < -0.3 is 10.2 Å². The van der Waals surface area contributed by atoms with Gasteiger partial charge in [-0.2, -0.15) is 0 Å². The molecule has 1 heterocycles. The third-order valence-electron chi connectivity index (χ3n) is 3.19. The zero-order valence-electron chi connectivity index (χ0n) is 10.1. The molecule has 3 heteroatoms. The molecule has 0 saturated carbocycles. The lowest BCUT2D eigenvalue weighted by atomic mass is 10.1. The van der Waals surface area contributed by atoms with Crippen LogP contribution >= 0.6 is 11.8 Å². The highest BCUT2D eigenvalue weighted by Gasteiger charge is 2.16. The molecular formula is C13H20N2S. The van der Waals surface area contributed by atoms with Crippen LogP contribution in [-0.2, 0) is 0 Å². The number of benzene rings is 1. The number of hydrogen-bond acceptors (Lipinski definition) is 3. The first-order valence-corrected chi connectivity index (χ1v) is 7.10. The lowest BCUT2D eigenvalue weighted by molar-refractivity contribution is 0.264. The van der Waals surface area contributed by atoms with E-state index in [1.54, 1.807) is 0 Å². The van der Waals surface area contributed by atoms with E-state index in [1.165, 1.54) is 36.5 Å². The molecule has 1 aliphatic rings. The summed E-state index contributed by atoms with van der Waals surface area (Å²) in [7, 11) is 2.20. The van der Waals surface area contributed by atoms with Crippen molar-refractivity contribution in [2.75, 3.05) is 31.7 Å². The van der Waals surface area contributed by atoms with E-state index in [0.29, 0.717) is 6.04 Å². The maximum Gasteiger partial charge on any atom is 0.0480 e. The molecule has 0 atom stereocenters. The highest BCUT2D eigenvalue weighted by Crippen LogP contribution is 2.26. The molecule has 1 saturated heterocycles.